The molecule has 12 heteroatoms. The summed E-state index contributed by atoms with van der Waals surface area (Å²) in [4.78, 5) is 59.9. The number of rotatable bonds is 11. The number of hydrogen-bond acceptors (Lipinski definition) is 8. The lowest BCUT2D eigenvalue weighted by atomic mass is 9.85. The number of carbonyl (C=O) groups is 4. The first-order valence-corrected chi connectivity index (χ1v) is 12.7. The molecule has 0 aromatic carbocycles. The van der Waals surface area contributed by atoms with Crippen LogP contribution in [0.1, 0.15) is 58.4 Å². The maximum Gasteiger partial charge on any atom is 0.313 e. The van der Waals surface area contributed by atoms with E-state index < -0.39 is 17.5 Å². The third kappa shape index (κ3) is 9.50. The summed E-state index contributed by atoms with van der Waals surface area (Å²) in [5.74, 6) is 4.52. The Morgan fingerprint density at radius 2 is 1.84 bits per heavy atom. The Labute approximate surface area is 219 Å². The van der Waals surface area contributed by atoms with E-state index in [1.165, 1.54) is 20.2 Å². The second kappa shape index (κ2) is 14.3. The molecule has 0 saturated carbocycles. The maximum absolute atomic E-state index is 13.3. The molecule has 200 valence electrons. The normalized spacial score (nSPS) is 15.7. The average Bonchev–Trinajstić information content (AvgIpc) is 2.86. The van der Waals surface area contributed by atoms with Crippen LogP contribution in [0.15, 0.2) is 12.4 Å². The Balaban J connectivity index is 1.97. The van der Waals surface area contributed by atoms with Gasteiger partial charge in [-0.15, -0.1) is 0 Å². The highest BCUT2D eigenvalue weighted by Crippen LogP contribution is 2.23. The van der Waals surface area contributed by atoms with Crippen LogP contribution in [0.2, 0.25) is 0 Å². The average molecular weight is 512 g/mol. The summed E-state index contributed by atoms with van der Waals surface area (Å²) >= 11 is 0. The highest BCUT2D eigenvalue weighted by atomic mass is 16.3. The second-order valence-corrected chi connectivity index (χ2v) is 9.61. The van der Waals surface area contributed by atoms with Gasteiger partial charge in [0.15, 0.2) is 7.85 Å². The zero-order chi connectivity index (χ0) is 27.4. The van der Waals surface area contributed by atoms with E-state index in [9.17, 15) is 19.2 Å². The van der Waals surface area contributed by atoms with Gasteiger partial charge in [-0.1, -0.05) is 32.6 Å². The number of amides is 3. The van der Waals surface area contributed by atoms with Gasteiger partial charge in [-0.3, -0.25) is 14.4 Å². The van der Waals surface area contributed by atoms with Gasteiger partial charge in [-0.25, -0.2) is 9.97 Å². The minimum atomic E-state index is -1.14. The van der Waals surface area contributed by atoms with Gasteiger partial charge in [0.25, 0.3) is 0 Å². The van der Waals surface area contributed by atoms with Crippen LogP contribution in [-0.4, -0.2) is 89.0 Å². The molecule has 0 spiro atoms. The molecule has 1 fully saturated rings. The molecule has 1 saturated heterocycles. The summed E-state index contributed by atoms with van der Waals surface area (Å²) in [5.41, 5.74) is -0.747. The van der Waals surface area contributed by atoms with Crippen LogP contribution >= 0.6 is 0 Å². The van der Waals surface area contributed by atoms with Crippen LogP contribution in [0, 0.1) is 17.8 Å². The summed E-state index contributed by atoms with van der Waals surface area (Å²) in [6.07, 6.45) is 4.79. The summed E-state index contributed by atoms with van der Waals surface area (Å²) in [5, 5.41) is 17.5. The van der Waals surface area contributed by atoms with Crippen LogP contribution in [0.3, 0.4) is 0 Å². The van der Waals surface area contributed by atoms with E-state index >= 15 is 0 Å². The Kier molecular flexibility index (Phi) is 11.5. The van der Waals surface area contributed by atoms with E-state index in [2.05, 4.69) is 42.7 Å². The number of unbranched alkanes of at least 4 members (excludes halogenated alkanes) is 1. The molecule has 4 N–H and O–H groups in total. The first-order chi connectivity index (χ1) is 17.6. The van der Waals surface area contributed by atoms with Gasteiger partial charge in [0, 0.05) is 38.3 Å². The molecule has 1 aliphatic heterocycles. The lowest BCUT2D eigenvalue weighted by molar-refractivity contribution is -0.138. The van der Waals surface area contributed by atoms with E-state index in [-0.39, 0.29) is 42.4 Å². The monoisotopic (exact) mass is 512 g/mol. The first-order valence-electron chi connectivity index (χ1n) is 12.7. The molecule has 1 aliphatic rings. The zero-order valence-electron chi connectivity index (χ0n) is 22.1. The molecule has 0 unspecified atom stereocenters. The van der Waals surface area contributed by atoms with Crippen molar-refractivity contribution in [1.82, 2.24) is 30.8 Å². The highest BCUT2D eigenvalue weighted by Gasteiger charge is 2.43. The lowest BCUT2D eigenvalue weighted by Crippen LogP contribution is -2.66. The molecule has 0 bridgehead atoms. The van der Waals surface area contributed by atoms with Crippen molar-refractivity contribution in [2.45, 2.75) is 64.5 Å². The van der Waals surface area contributed by atoms with E-state index in [1.807, 2.05) is 20.8 Å². The quantitative estimate of drug-likeness (QED) is 0.169. The third-order valence-electron chi connectivity index (χ3n) is 6.29. The van der Waals surface area contributed by atoms with Crippen molar-refractivity contribution >= 4 is 31.3 Å². The molecule has 37 heavy (non-hydrogen) atoms. The van der Waals surface area contributed by atoms with Gasteiger partial charge in [0.2, 0.25) is 17.7 Å². The molecule has 2 rings (SSSR count). The molecular weight excluding hydrogens is 475 g/mol. The molecule has 1 aromatic rings. The minimum Gasteiger partial charge on any atom is -0.479 e. The number of hydrogen-bond donors (Lipinski definition) is 4. The Morgan fingerprint density at radius 3 is 2.41 bits per heavy atom. The number of nitrogens with one attached hydrogen (secondary N) is 3. The Bertz CT molecular complexity index is 1010. The predicted molar refractivity (Wildman–Crippen MR) is 140 cm³/mol. The number of piperidine rings is 1. The van der Waals surface area contributed by atoms with Crippen molar-refractivity contribution in [2.75, 3.05) is 26.2 Å². The largest absolute Gasteiger partial charge is 0.479 e. The molecule has 11 nitrogen and oxygen atoms in total. The van der Waals surface area contributed by atoms with Crippen LogP contribution < -0.4 is 16.0 Å². The van der Waals surface area contributed by atoms with Gasteiger partial charge < -0.3 is 30.8 Å². The number of nitrogens with zero attached hydrogens (tertiary/aromatic N) is 3. The minimum absolute atomic E-state index is 0.0963. The van der Waals surface area contributed by atoms with Crippen LogP contribution in [0.25, 0.3) is 0 Å². The molecule has 2 heterocycles. The Hall–Kier alpha value is -3.46. The summed E-state index contributed by atoms with van der Waals surface area (Å²) < 4.78 is 0. The second-order valence-electron chi connectivity index (χ2n) is 9.61. The third-order valence-corrected chi connectivity index (χ3v) is 6.29. The van der Waals surface area contributed by atoms with Crippen LogP contribution in [0.5, 0.6) is 6.01 Å². The molecular formula is C25H37BN6O5. The van der Waals surface area contributed by atoms with Crippen LogP contribution in [-0.2, 0) is 19.2 Å². The van der Waals surface area contributed by atoms with Crippen molar-refractivity contribution in [2.24, 2.45) is 5.92 Å². The summed E-state index contributed by atoms with van der Waals surface area (Å²) in [6.45, 7) is 7.73. The van der Waals surface area contributed by atoms with Crippen molar-refractivity contribution in [3.63, 3.8) is 0 Å². The SMILES string of the molecule is BC(=O)CNC(=O)C1(NC(=O)[C@@H](NC(=O)CCCC#Cc2cnc(O)nc2)C(C)C)CCN(CC)CC1. The van der Waals surface area contributed by atoms with Gasteiger partial charge in [-0.2, -0.15) is 0 Å². The fourth-order valence-electron chi connectivity index (χ4n) is 4.02. The molecule has 0 aliphatic carbocycles. The number of aromatic hydroxyl groups is 1. The lowest BCUT2D eigenvalue weighted by Gasteiger charge is -2.41. The number of aromatic nitrogens is 2. The van der Waals surface area contributed by atoms with E-state index in [1.54, 1.807) is 0 Å². The van der Waals surface area contributed by atoms with E-state index in [4.69, 9.17) is 5.11 Å². The molecule has 0 radical (unpaired) electrons. The van der Waals surface area contributed by atoms with Gasteiger partial charge in [-0.05, 0) is 31.7 Å². The van der Waals surface area contributed by atoms with Crippen molar-refractivity contribution in [3.05, 3.63) is 18.0 Å². The number of carbonyl (C=O) groups excluding carboxylic acids is 4. The smallest absolute Gasteiger partial charge is 0.313 e. The summed E-state index contributed by atoms with van der Waals surface area (Å²) in [6, 6.07) is -1.13. The molecule has 3 amide bonds. The van der Waals surface area contributed by atoms with Gasteiger partial charge >= 0.3 is 6.01 Å². The summed E-state index contributed by atoms with van der Waals surface area (Å²) in [7, 11) is 1.39. The fourth-order valence-corrected chi connectivity index (χ4v) is 4.02. The zero-order valence-corrected chi connectivity index (χ0v) is 22.1. The predicted octanol–water partition coefficient (Wildman–Crippen LogP) is -0.909. The number of likely N-dealkylation sites (tertiary alicyclic amines) is 1. The van der Waals surface area contributed by atoms with Gasteiger partial charge in [0.1, 0.15) is 17.3 Å². The maximum atomic E-state index is 13.3. The molecule has 1 aromatic heterocycles. The van der Waals surface area contributed by atoms with Crippen molar-refractivity contribution in [1.29, 1.82) is 0 Å². The first kappa shape index (κ1) is 29.8. The standard InChI is InChI=1S/C25H37BN6O5/c1-4-32-12-10-25(11-13-32,23(36)27-16-19(26)33)31-22(35)21(17(2)3)30-20(34)9-7-5-6-8-18-14-28-24(37)29-15-18/h14-15,17,21H,4-5,7,9-13,16,26H2,1-3H3,(H,27,36)(H,30,34)(H,31,35)(H,28,29,37)/t21-/m0/s1. The van der Waals surface area contributed by atoms with Gasteiger partial charge in [0.05, 0.1) is 12.1 Å². The Morgan fingerprint density at radius 1 is 1.19 bits per heavy atom. The van der Waals surface area contributed by atoms with Crippen molar-refractivity contribution in [3.8, 4) is 17.9 Å². The topological polar surface area (TPSA) is 154 Å². The van der Waals surface area contributed by atoms with Crippen LogP contribution in [0.4, 0.5) is 0 Å². The highest BCUT2D eigenvalue weighted by molar-refractivity contribution is 6.58. The van der Waals surface area contributed by atoms with E-state index in [0.717, 1.165) is 6.54 Å². The molecule has 1 atom stereocenters. The fraction of sp³-hybridized carbons (Fsp3) is 0.600. The van der Waals surface area contributed by atoms with Crippen molar-refractivity contribution < 1.29 is 24.3 Å². The van der Waals surface area contributed by atoms with E-state index in [0.29, 0.717) is 44.3 Å².